The Morgan fingerprint density at radius 2 is 1.90 bits per heavy atom. The van der Waals surface area contributed by atoms with E-state index in [2.05, 4.69) is 5.32 Å². The van der Waals surface area contributed by atoms with Gasteiger partial charge in [-0.15, -0.1) is 0 Å². The zero-order valence-corrected chi connectivity index (χ0v) is 13.6. The normalized spacial score (nSPS) is 13.1. The first kappa shape index (κ1) is 19.1. The molecule has 0 saturated heterocycles. The van der Waals surface area contributed by atoms with Crippen molar-refractivity contribution in [2.24, 2.45) is 0 Å². The minimum Gasteiger partial charge on any atom is -0.480 e. The topological polar surface area (TPSA) is 84.9 Å². The van der Waals surface area contributed by atoms with E-state index >= 15 is 0 Å². The van der Waals surface area contributed by atoms with Crippen molar-refractivity contribution < 1.29 is 24.2 Å². The number of ether oxygens (including phenoxy) is 2. The largest absolute Gasteiger partial charge is 0.480 e. The number of thioether (sulfide) groups is 1. The van der Waals surface area contributed by atoms with Gasteiger partial charge in [0.15, 0.2) is 0 Å². The van der Waals surface area contributed by atoms with Crippen LogP contribution < -0.4 is 5.32 Å². The molecule has 0 fully saturated rings. The quantitative estimate of drug-likeness (QED) is 0.668. The number of alkyl carbamates (subject to hydrolysis) is 1. The Labute approximate surface area is 124 Å². The fraction of sp³-hybridized carbons (Fsp3) is 0.846. The average Bonchev–Trinajstić information content (AvgIpc) is 2.23. The van der Waals surface area contributed by atoms with Gasteiger partial charge in [-0.3, -0.25) is 0 Å². The van der Waals surface area contributed by atoms with Crippen LogP contribution in [0.15, 0.2) is 0 Å². The lowest BCUT2D eigenvalue weighted by Crippen LogP contribution is -2.45. The molecule has 0 aromatic heterocycles. The molecule has 0 saturated carbocycles. The standard InChI is InChI=1S/C13H25NO5S/c1-9(2)18-6-7-20-8-10(11(15)16)14-12(17)19-13(3,4)5/h9-10H,6-8H2,1-5H3,(H,14,17)(H,15,16). The molecule has 6 nitrogen and oxygen atoms in total. The zero-order valence-electron chi connectivity index (χ0n) is 12.8. The summed E-state index contributed by atoms with van der Waals surface area (Å²) in [7, 11) is 0. The number of nitrogens with one attached hydrogen (secondary N) is 1. The van der Waals surface area contributed by atoms with Crippen LogP contribution >= 0.6 is 11.8 Å². The molecule has 0 heterocycles. The van der Waals surface area contributed by atoms with Crippen LogP contribution in [0.1, 0.15) is 34.6 Å². The van der Waals surface area contributed by atoms with Crippen LogP contribution in [0.25, 0.3) is 0 Å². The maximum absolute atomic E-state index is 11.5. The van der Waals surface area contributed by atoms with Gasteiger partial charge in [0.25, 0.3) is 0 Å². The summed E-state index contributed by atoms with van der Waals surface area (Å²) in [4.78, 5) is 22.6. The average molecular weight is 307 g/mol. The number of hydrogen-bond donors (Lipinski definition) is 2. The predicted octanol–water partition coefficient (Wildman–Crippen LogP) is 2.12. The SMILES string of the molecule is CC(C)OCCSCC(NC(=O)OC(C)(C)C)C(=O)O. The van der Waals surface area contributed by atoms with Crippen molar-refractivity contribution in [2.45, 2.75) is 52.4 Å². The Bertz CT molecular complexity index is 314. The first-order chi connectivity index (χ1) is 9.11. The molecule has 2 N–H and O–H groups in total. The highest BCUT2D eigenvalue weighted by Gasteiger charge is 2.23. The number of rotatable bonds is 8. The van der Waals surface area contributed by atoms with Crippen molar-refractivity contribution >= 4 is 23.8 Å². The lowest BCUT2D eigenvalue weighted by molar-refractivity contribution is -0.138. The van der Waals surface area contributed by atoms with E-state index in [4.69, 9.17) is 14.6 Å². The van der Waals surface area contributed by atoms with E-state index in [0.29, 0.717) is 12.4 Å². The van der Waals surface area contributed by atoms with Gasteiger partial charge in [-0.1, -0.05) is 0 Å². The summed E-state index contributed by atoms with van der Waals surface area (Å²) in [6, 6.07) is -0.964. The first-order valence-electron chi connectivity index (χ1n) is 6.53. The number of carbonyl (C=O) groups excluding carboxylic acids is 1. The van der Waals surface area contributed by atoms with Gasteiger partial charge >= 0.3 is 12.1 Å². The highest BCUT2D eigenvalue weighted by molar-refractivity contribution is 7.99. The van der Waals surface area contributed by atoms with Gasteiger partial charge in [-0.2, -0.15) is 11.8 Å². The third-order valence-corrected chi connectivity index (χ3v) is 2.98. The Morgan fingerprint density at radius 1 is 1.30 bits per heavy atom. The van der Waals surface area contributed by atoms with Crippen LogP contribution in [0, 0.1) is 0 Å². The Hall–Kier alpha value is -0.950. The number of amides is 1. The van der Waals surface area contributed by atoms with E-state index in [-0.39, 0.29) is 11.9 Å². The molecule has 0 aliphatic rings. The van der Waals surface area contributed by atoms with E-state index in [9.17, 15) is 9.59 Å². The van der Waals surface area contributed by atoms with Crippen molar-refractivity contribution in [2.75, 3.05) is 18.1 Å². The summed E-state index contributed by atoms with van der Waals surface area (Å²) in [5.41, 5.74) is -0.647. The van der Waals surface area contributed by atoms with Crippen LogP contribution in [0.2, 0.25) is 0 Å². The van der Waals surface area contributed by atoms with Gasteiger partial charge in [0.2, 0.25) is 0 Å². The second-order valence-corrected chi connectivity index (χ2v) is 6.68. The van der Waals surface area contributed by atoms with E-state index in [1.807, 2.05) is 13.8 Å². The van der Waals surface area contributed by atoms with Crippen molar-refractivity contribution in [1.29, 1.82) is 0 Å². The molecule has 0 aliphatic carbocycles. The number of carboxylic acids is 1. The second-order valence-electron chi connectivity index (χ2n) is 5.53. The lowest BCUT2D eigenvalue weighted by atomic mass is 10.2. The Kier molecular flexibility index (Phi) is 8.64. The van der Waals surface area contributed by atoms with Crippen molar-refractivity contribution in [3.63, 3.8) is 0 Å². The summed E-state index contributed by atoms with van der Waals surface area (Å²) < 4.78 is 10.4. The summed E-state index contributed by atoms with van der Waals surface area (Å²) in [5.74, 6) is -0.123. The Balaban J connectivity index is 4.05. The molecule has 0 rings (SSSR count). The third kappa shape index (κ3) is 10.9. The fourth-order valence-electron chi connectivity index (χ4n) is 1.17. The minimum atomic E-state index is -1.08. The molecule has 0 bridgehead atoms. The number of carboxylic acid groups (broad SMARTS) is 1. The van der Waals surface area contributed by atoms with Gasteiger partial charge in [-0.25, -0.2) is 9.59 Å². The van der Waals surface area contributed by atoms with Crippen LogP contribution in [0.3, 0.4) is 0 Å². The molecule has 0 aromatic rings. The van der Waals surface area contributed by atoms with Crippen molar-refractivity contribution in [3.8, 4) is 0 Å². The lowest BCUT2D eigenvalue weighted by Gasteiger charge is -2.21. The van der Waals surface area contributed by atoms with E-state index in [0.717, 1.165) is 0 Å². The molecule has 1 atom stereocenters. The van der Waals surface area contributed by atoms with Gasteiger partial charge in [-0.05, 0) is 34.6 Å². The van der Waals surface area contributed by atoms with Crippen LogP contribution in [-0.4, -0.2) is 53.0 Å². The number of carbonyl (C=O) groups is 2. The number of aliphatic carboxylic acids is 1. The molecule has 1 amide bonds. The summed E-state index contributed by atoms with van der Waals surface area (Å²) in [6.45, 7) is 9.60. The summed E-state index contributed by atoms with van der Waals surface area (Å²) in [6.07, 6.45) is -0.560. The maximum atomic E-state index is 11.5. The zero-order chi connectivity index (χ0) is 15.8. The molecule has 118 valence electrons. The molecule has 0 spiro atoms. The fourth-order valence-corrected chi connectivity index (χ4v) is 2.01. The summed E-state index contributed by atoms with van der Waals surface area (Å²) >= 11 is 1.42. The molecule has 0 aliphatic heterocycles. The molecular formula is C13H25NO5S. The van der Waals surface area contributed by atoms with Gasteiger partial charge in [0.05, 0.1) is 12.7 Å². The highest BCUT2D eigenvalue weighted by Crippen LogP contribution is 2.08. The van der Waals surface area contributed by atoms with Gasteiger partial charge in [0.1, 0.15) is 11.6 Å². The van der Waals surface area contributed by atoms with E-state index in [1.54, 1.807) is 20.8 Å². The van der Waals surface area contributed by atoms with Crippen LogP contribution in [-0.2, 0) is 14.3 Å². The number of hydrogen-bond acceptors (Lipinski definition) is 5. The molecule has 20 heavy (non-hydrogen) atoms. The maximum Gasteiger partial charge on any atom is 0.408 e. The van der Waals surface area contributed by atoms with Crippen LogP contribution in [0.5, 0.6) is 0 Å². The highest BCUT2D eigenvalue weighted by atomic mass is 32.2. The van der Waals surface area contributed by atoms with Crippen molar-refractivity contribution in [1.82, 2.24) is 5.32 Å². The van der Waals surface area contributed by atoms with E-state index in [1.165, 1.54) is 11.8 Å². The smallest absolute Gasteiger partial charge is 0.408 e. The third-order valence-electron chi connectivity index (χ3n) is 1.95. The monoisotopic (exact) mass is 307 g/mol. The molecule has 7 heteroatoms. The first-order valence-corrected chi connectivity index (χ1v) is 7.69. The second kappa shape index (κ2) is 9.07. The summed E-state index contributed by atoms with van der Waals surface area (Å²) in [5, 5.41) is 11.4. The van der Waals surface area contributed by atoms with Crippen molar-refractivity contribution in [3.05, 3.63) is 0 Å². The van der Waals surface area contributed by atoms with E-state index < -0.39 is 23.7 Å². The molecule has 0 aromatic carbocycles. The van der Waals surface area contributed by atoms with Gasteiger partial charge in [0, 0.05) is 11.5 Å². The predicted molar refractivity (Wildman–Crippen MR) is 79.2 cm³/mol. The molecular weight excluding hydrogens is 282 g/mol. The van der Waals surface area contributed by atoms with Crippen LogP contribution in [0.4, 0.5) is 4.79 Å². The minimum absolute atomic E-state index is 0.158. The van der Waals surface area contributed by atoms with Gasteiger partial charge < -0.3 is 19.9 Å². The Morgan fingerprint density at radius 3 is 2.35 bits per heavy atom. The molecule has 0 radical (unpaired) electrons. The molecule has 1 unspecified atom stereocenters.